The Morgan fingerprint density at radius 3 is 2.59 bits per heavy atom. The van der Waals surface area contributed by atoms with E-state index < -0.39 is 11.5 Å². The Kier molecular flexibility index (Phi) is 6.11. The van der Waals surface area contributed by atoms with Crippen LogP contribution in [0.25, 0.3) is 0 Å². The van der Waals surface area contributed by atoms with Gasteiger partial charge in [-0.05, 0) is 54.7 Å². The van der Waals surface area contributed by atoms with Gasteiger partial charge in [-0.1, -0.05) is 61.9 Å². The predicted octanol–water partition coefficient (Wildman–Crippen LogP) is 4.85. The summed E-state index contributed by atoms with van der Waals surface area (Å²) < 4.78 is 5.52. The van der Waals surface area contributed by atoms with Crippen molar-refractivity contribution >= 4 is 17.6 Å². The Morgan fingerprint density at radius 1 is 1.12 bits per heavy atom. The van der Waals surface area contributed by atoms with Gasteiger partial charge in [0.15, 0.2) is 0 Å². The summed E-state index contributed by atoms with van der Waals surface area (Å²) in [5, 5.41) is 18.0. The molecular formula is C28H34N2O4. The number of carboxylic acid groups (broad SMARTS) is 1. The molecule has 2 unspecified atom stereocenters. The van der Waals surface area contributed by atoms with Crippen LogP contribution in [0, 0.1) is 5.41 Å². The van der Waals surface area contributed by atoms with E-state index in [9.17, 15) is 14.7 Å². The molecule has 3 N–H and O–H groups in total. The first-order valence-corrected chi connectivity index (χ1v) is 12.5. The van der Waals surface area contributed by atoms with E-state index in [0.717, 1.165) is 48.9 Å². The zero-order valence-corrected chi connectivity index (χ0v) is 19.8. The molecule has 180 valence electrons. The number of aliphatic carboxylic acids is 1. The number of nitrogens with one attached hydrogen (secondary N) is 2. The normalized spacial score (nSPS) is 27.1. The largest absolute Gasteiger partial charge is 0.480 e. The van der Waals surface area contributed by atoms with E-state index in [0.29, 0.717) is 0 Å². The molecule has 4 atom stereocenters. The average Bonchev–Trinajstić information content (AvgIpc) is 3.57. The topological polar surface area (TPSA) is 87.7 Å². The lowest BCUT2D eigenvalue weighted by molar-refractivity contribution is -0.151. The highest BCUT2D eigenvalue weighted by Gasteiger charge is 2.61. The molecule has 0 bridgehead atoms. The summed E-state index contributed by atoms with van der Waals surface area (Å²) in [4.78, 5) is 25.9. The summed E-state index contributed by atoms with van der Waals surface area (Å²) in [6, 6.07) is 18.1. The van der Waals surface area contributed by atoms with Crippen molar-refractivity contribution < 1.29 is 19.4 Å². The second-order valence-corrected chi connectivity index (χ2v) is 10.5. The zero-order valence-electron chi connectivity index (χ0n) is 19.8. The number of rotatable bonds is 9. The predicted molar refractivity (Wildman–Crippen MR) is 131 cm³/mol. The molecule has 0 spiro atoms. The third-order valence-corrected chi connectivity index (χ3v) is 8.14. The molecular weight excluding hydrogens is 428 g/mol. The molecule has 0 aromatic heterocycles. The van der Waals surface area contributed by atoms with E-state index in [2.05, 4.69) is 29.7 Å². The lowest BCUT2D eigenvalue weighted by Gasteiger charge is -2.53. The molecule has 2 aliphatic carbocycles. The van der Waals surface area contributed by atoms with E-state index >= 15 is 0 Å². The van der Waals surface area contributed by atoms with Gasteiger partial charge in [0.25, 0.3) is 0 Å². The minimum Gasteiger partial charge on any atom is -0.480 e. The van der Waals surface area contributed by atoms with Gasteiger partial charge in [0.1, 0.15) is 12.1 Å². The Morgan fingerprint density at radius 2 is 1.85 bits per heavy atom. The van der Waals surface area contributed by atoms with Crippen LogP contribution in [0.5, 0.6) is 0 Å². The van der Waals surface area contributed by atoms with E-state index in [1.54, 1.807) is 0 Å². The van der Waals surface area contributed by atoms with Gasteiger partial charge in [0, 0.05) is 30.1 Å². The van der Waals surface area contributed by atoms with Crippen LogP contribution in [0.3, 0.4) is 0 Å². The van der Waals surface area contributed by atoms with E-state index in [-0.39, 0.29) is 48.8 Å². The molecule has 2 aromatic rings. The Bertz CT molecular complexity index is 1050. The number of hydrogen-bond donors (Lipinski definition) is 3. The molecule has 34 heavy (non-hydrogen) atoms. The second kappa shape index (κ2) is 9.06. The van der Waals surface area contributed by atoms with Gasteiger partial charge in [-0.15, -0.1) is 0 Å². The van der Waals surface area contributed by atoms with Gasteiger partial charge in [0.05, 0.1) is 0 Å². The number of benzene rings is 2. The molecule has 5 rings (SSSR count). The van der Waals surface area contributed by atoms with Gasteiger partial charge in [-0.3, -0.25) is 14.9 Å². The van der Waals surface area contributed by atoms with Crippen molar-refractivity contribution in [1.82, 2.24) is 5.32 Å². The zero-order chi connectivity index (χ0) is 23.8. The van der Waals surface area contributed by atoms with Crippen LogP contribution < -0.4 is 10.6 Å². The third kappa shape index (κ3) is 4.20. The van der Waals surface area contributed by atoms with E-state index in [4.69, 9.17) is 4.74 Å². The Hall–Kier alpha value is -2.86. The number of carboxylic acids is 1. The summed E-state index contributed by atoms with van der Waals surface area (Å²) in [6.07, 6.45) is 5.26. The molecule has 6 heteroatoms. The van der Waals surface area contributed by atoms with Crippen LogP contribution in [-0.2, 0) is 20.9 Å². The SMILES string of the molecule is C[C@]12CCC[C@H]1Nc1ccccc1C2C(CCC(=O)OCc1ccccc1)(NC1CC1)C(=O)O. The van der Waals surface area contributed by atoms with Crippen LogP contribution >= 0.6 is 0 Å². The number of fused-ring (bicyclic) bond motifs is 2. The fourth-order valence-electron chi connectivity index (χ4n) is 6.32. The van der Waals surface area contributed by atoms with E-state index in [1.165, 1.54) is 0 Å². The summed E-state index contributed by atoms with van der Waals surface area (Å²) in [6.45, 7) is 2.43. The van der Waals surface area contributed by atoms with Crippen molar-refractivity contribution in [2.45, 2.75) is 82.0 Å². The molecule has 0 saturated heterocycles. The number of hydrogen-bond acceptors (Lipinski definition) is 5. The summed E-state index contributed by atoms with van der Waals surface area (Å²) in [5.41, 5.74) is 1.53. The van der Waals surface area contributed by atoms with Crippen LogP contribution in [0.4, 0.5) is 5.69 Å². The Balaban J connectivity index is 1.45. The molecule has 3 aliphatic rings. The van der Waals surface area contributed by atoms with Crippen molar-refractivity contribution in [3.63, 3.8) is 0 Å². The highest BCUT2D eigenvalue weighted by atomic mass is 16.5. The number of carbonyl (C=O) groups is 2. The molecule has 6 nitrogen and oxygen atoms in total. The number of para-hydroxylation sites is 1. The highest BCUT2D eigenvalue weighted by molar-refractivity contribution is 5.83. The van der Waals surface area contributed by atoms with Gasteiger partial charge in [0.2, 0.25) is 0 Å². The molecule has 1 aliphatic heterocycles. The first-order chi connectivity index (χ1) is 16.4. The van der Waals surface area contributed by atoms with Crippen molar-refractivity contribution in [3.05, 3.63) is 65.7 Å². The maximum absolute atomic E-state index is 13.2. The number of anilines is 1. The second-order valence-electron chi connectivity index (χ2n) is 10.5. The van der Waals surface area contributed by atoms with Crippen LogP contribution in [0.15, 0.2) is 54.6 Å². The van der Waals surface area contributed by atoms with Gasteiger partial charge < -0.3 is 15.2 Å². The van der Waals surface area contributed by atoms with Crippen LogP contribution in [0.1, 0.15) is 68.9 Å². The van der Waals surface area contributed by atoms with Gasteiger partial charge >= 0.3 is 11.9 Å². The quantitative estimate of drug-likeness (QED) is 0.462. The average molecular weight is 463 g/mol. The fourth-order valence-corrected chi connectivity index (χ4v) is 6.32. The molecule has 0 amide bonds. The molecule has 1 heterocycles. The lowest BCUT2D eigenvalue weighted by atomic mass is 9.58. The number of carbonyl (C=O) groups excluding carboxylic acids is 1. The van der Waals surface area contributed by atoms with Crippen LogP contribution in [-0.4, -0.2) is 34.7 Å². The van der Waals surface area contributed by atoms with Gasteiger partial charge in [-0.25, -0.2) is 0 Å². The number of ether oxygens (including phenoxy) is 1. The van der Waals surface area contributed by atoms with E-state index in [1.807, 2.05) is 42.5 Å². The van der Waals surface area contributed by atoms with Gasteiger partial charge in [-0.2, -0.15) is 0 Å². The standard InChI is InChI=1S/C28H34N2O4/c1-27-16-7-12-23(27)29-22-11-6-5-10-21(22)25(27)28(26(32)33,30-20-13-14-20)17-15-24(31)34-18-19-8-3-2-4-9-19/h2-6,8-11,20,23,25,29-30H,7,12-18H2,1H3,(H,32,33)/t23-,25?,27+,28?/m1/s1. The molecule has 2 aromatic carbocycles. The van der Waals surface area contributed by atoms with Crippen molar-refractivity contribution in [3.8, 4) is 0 Å². The van der Waals surface area contributed by atoms with Crippen molar-refractivity contribution in [1.29, 1.82) is 0 Å². The molecule has 2 saturated carbocycles. The first-order valence-electron chi connectivity index (χ1n) is 12.5. The van der Waals surface area contributed by atoms with Crippen molar-refractivity contribution in [2.24, 2.45) is 5.41 Å². The minimum atomic E-state index is -1.23. The maximum atomic E-state index is 13.2. The fraction of sp³-hybridized carbons (Fsp3) is 0.500. The maximum Gasteiger partial charge on any atom is 0.324 e. The minimum absolute atomic E-state index is 0.0612. The molecule has 0 radical (unpaired) electrons. The number of esters is 1. The first kappa shape index (κ1) is 22.9. The Labute approximate surface area is 201 Å². The monoisotopic (exact) mass is 462 g/mol. The summed E-state index contributed by atoms with van der Waals surface area (Å²) in [7, 11) is 0. The molecule has 2 fully saturated rings. The lowest BCUT2D eigenvalue weighted by Crippen LogP contribution is -2.63. The van der Waals surface area contributed by atoms with Crippen molar-refractivity contribution in [2.75, 3.05) is 5.32 Å². The third-order valence-electron chi connectivity index (χ3n) is 8.14. The van der Waals surface area contributed by atoms with Crippen LogP contribution in [0.2, 0.25) is 0 Å². The highest BCUT2D eigenvalue weighted by Crippen LogP contribution is 2.59. The summed E-state index contributed by atoms with van der Waals surface area (Å²) >= 11 is 0. The summed E-state index contributed by atoms with van der Waals surface area (Å²) in [5.74, 6) is -1.48. The smallest absolute Gasteiger partial charge is 0.324 e.